The van der Waals surface area contributed by atoms with Crippen molar-refractivity contribution in [3.8, 4) is 5.75 Å². The lowest BCUT2D eigenvalue weighted by Crippen LogP contribution is -2.41. The molecule has 0 fully saturated rings. The van der Waals surface area contributed by atoms with Crippen molar-refractivity contribution in [1.29, 1.82) is 0 Å². The topological polar surface area (TPSA) is 71.7 Å². The number of nitrogens with one attached hydrogen (secondary N) is 2. The number of guanidine groups is 1. The van der Waals surface area contributed by atoms with Crippen LogP contribution in [0.5, 0.6) is 5.75 Å². The van der Waals surface area contributed by atoms with Gasteiger partial charge in [-0.2, -0.15) is 0 Å². The molecule has 1 aromatic heterocycles. The lowest BCUT2D eigenvalue weighted by atomic mass is 10.2. The summed E-state index contributed by atoms with van der Waals surface area (Å²) >= 11 is 0. The number of aryl methyl sites for hydroxylation is 1. The number of benzene rings is 1. The van der Waals surface area contributed by atoms with Gasteiger partial charge < -0.3 is 19.9 Å². The first-order valence-corrected chi connectivity index (χ1v) is 7.82. The Hall–Kier alpha value is -1.77. The number of ether oxygens (including phenoxy) is 1. The lowest BCUT2D eigenvalue weighted by molar-refractivity contribution is 0.223. The molecule has 7 heteroatoms. The van der Waals surface area contributed by atoms with E-state index >= 15 is 0 Å². The smallest absolute Gasteiger partial charge is 0.191 e. The summed E-state index contributed by atoms with van der Waals surface area (Å²) in [5, 5.41) is 10.3. The molecule has 0 aliphatic rings. The summed E-state index contributed by atoms with van der Waals surface area (Å²) in [5.74, 6) is 1.61. The SMILES string of the molecule is CCNC(=NCc1ccon1)NCC(C)Oc1cccc(C)c1.I. The zero-order chi connectivity index (χ0) is 16.5. The van der Waals surface area contributed by atoms with Crippen molar-refractivity contribution in [3.05, 3.63) is 47.9 Å². The van der Waals surface area contributed by atoms with Crippen molar-refractivity contribution in [2.24, 2.45) is 4.99 Å². The van der Waals surface area contributed by atoms with Gasteiger partial charge >= 0.3 is 0 Å². The van der Waals surface area contributed by atoms with E-state index in [0.717, 1.165) is 23.9 Å². The molecule has 0 amide bonds. The zero-order valence-electron chi connectivity index (χ0n) is 14.3. The molecule has 1 heterocycles. The normalized spacial score (nSPS) is 12.2. The van der Waals surface area contributed by atoms with Crippen LogP contribution in [0.1, 0.15) is 25.1 Å². The van der Waals surface area contributed by atoms with Crippen LogP contribution in [0.25, 0.3) is 0 Å². The molecule has 2 rings (SSSR count). The number of aromatic nitrogens is 1. The number of rotatable bonds is 7. The average Bonchev–Trinajstić information content (AvgIpc) is 3.03. The first kappa shape index (κ1) is 20.3. The van der Waals surface area contributed by atoms with Crippen LogP contribution in [0.4, 0.5) is 0 Å². The minimum atomic E-state index is 0. The van der Waals surface area contributed by atoms with Gasteiger partial charge in [-0.1, -0.05) is 17.3 Å². The Morgan fingerprint density at radius 1 is 1.33 bits per heavy atom. The van der Waals surface area contributed by atoms with Crippen LogP contribution in [-0.2, 0) is 6.54 Å². The molecule has 0 aliphatic heterocycles. The fourth-order valence-electron chi connectivity index (χ4n) is 2.02. The van der Waals surface area contributed by atoms with Crippen molar-refractivity contribution >= 4 is 29.9 Å². The van der Waals surface area contributed by atoms with E-state index in [1.165, 1.54) is 5.56 Å². The van der Waals surface area contributed by atoms with Crippen LogP contribution in [0.15, 0.2) is 46.1 Å². The molecule has 0 saturated heterocycles. The molecule has 1 unspecified atom stereocenters. The standard InChI is InChI=1S/C17H24N4O2.HI/c1-4-18-17(20-12-15-8-9-22-21-15)19-11-14(3)23-16-7-5-6-13(2)10-16;/h5-10,14H,4,11-12H2,1-3H3,(H2,18,19,20);1H. The maximum absolute atomic E-state index is 5.90. The molecular formula is C17H25IN4O2. The van der Waals surface area contributed by atoms with Crippen LogP contribution < -0.4 is 15.4 Å². The van der Waals surface area contributed by atoms with Gasteiger partial charge in [0.25, 0.3) is 0 Å². The second kappa shape index (κ2) is 10.9. The highest BCUT2D eigenvalue weighted by molar-refractivity contribution is 14.0. The van der Waals surface area contributed by atoms with Crippen LogP contribution in [0.2, 0.25) is 0 Å². The molecule has 2 N–H and O–H groups in total. The maximum atomic E-state index is 5.90. The molecule has 1 atom stereocenters. The van der Waals surface area contributed by atoms with Gasteiger partial charge in [0, 0.05) is 12.6 Å². The van der Waals surface area contributed by atoms with Crippen LogP contribution in [0.3, 0.4) is 0 Å². The third-order valence-electron chi connectivity index (χ3n) is 3.12. The first-order valence-electron chi connectivity index (χ1n) is 7.82. The lowest BCUT2D eigenvalue weighted by Gasteiger charge is -2.17. The number of aliphatic imine (C=N–C) groups is 1. The van der Waals surface area contributed by atoms with Gasteiger partial charge in [0.1, 0.15) is 23.8 Å². The predicted molar refractivity (Wildman–Crippen MR) is 106 cm³/mol. The average molecular weight is 444 g/mol. The minimum Gasteiger partial charge on any atom is -0.489 e. The molecule has 2 aromatic rings. The highest BCUT2D eigenvalue weighted by atomic mass is 127. The van der Waals surface area contributed by atoms with Crippen LogP contribution in [0, 0.1) is 6.92 Å². The second-order valence-electron chi connectivity index (χ2n) is 5.31. The Labute approximate surface area is 160 Å². The van der Waals surface area contributed by atoms with Gasteiger partial charge in [0.2, 0.25) is 0 Å². The number of hydrogen-bond donors (Lipinski definition) is 2. The summed E-state index contributed by atoms with van der Waals surface area (Å²) in [7, 11) is 0. The molecule has 0 saturated carbocycles. The van der Waals surface area contributed by atoms with Crippen LogP contribution in [-0.4, -0.2) is 30.3 Å². The number of halogens is 1. The molecular weight excluding hydrogens is 419 g/mol. The van der Waals surface area contributed by atoms with Gasteiger partial charge in [-0.15, -0.1) is 24.0 Å². The Balaban J connectivity index is 0.00000288. The molecule has 0 spiro atoms. The molecule has 132 valence electrons. The maximum Gasteiger partial charge on any atom is 0.191 e. The van der Waals surface area contributed by atoms with E-state index in [0.29, 0.717) is 13.1 Å². The summed E-state index contributed by atoms with van der Waals surface area (Å²) < 4.78 is 10.7. The van der Waals surface area contributed by atoms with Crippen molar-refractivity contribution in [3.63, 3.8) is 0 Å². The third kappa shape index (κ3) is 7.20. The van der Waals surface area contributed by atoms with Gasteiger partial charge in [0.15, 0.2) is 5.96 Å². The Kier molecular flexibility index (Phi) is 9.21. The molecule has 1 aromatic carbocycles. The highest BCUT2D eigenvalue weighted by Gasteiger charge is 2.06. The Bertz CT molecular complexity index is 617. The predicted octanol–water partition coefficient (Wildman–Crippen LogP) is 3.12. The summed E-state index contributed by atoms with van der Waals surface area (Å²) in [5.41, 5.74) is 1.98. The highest BCUT2D eigenvalue weighted by Crippen LogP contribution is 2.13. The molecule has 0 bridgehead atoms. The van der Waals surface area contributed by atoms with Crippen molar-refractivity contribution in [2.75, 3.05) is 13.1 Å². The number of nitrogens with zero attached hydrogens (tertiary/aromatic N) is 2. The monoisotopic (exact) mass is 444 g/mol. The van der Waals surface area contributed by atoms with E-state index in [1.807, 2.05) is 32.0 Å². The van der Waals surface area contributed by atoms with Gasteiger partial charge in [-0.25, -0.2) is 4.99 Å². The van der Waals surface area contributed by atoms with Crippen molar-refractivity contribution in [2.45, 2.75) is 33.4 Å². The molecule has 0 aliphatic carbocycles. The van der Waals surface area contributed by atoms with E-state index in [4.69, 9.17) is 9.26 Å². The summed E-state index contributed by atoms with van der Waals surface area (Å²) in [6, 6.07) is 9.84. The molecule has 0 radical (unpaired) electrons. The Morgan fingerprint density at radius 2 is 2.17 bits per heavy atom. The minimum absolute atomic E-state index is 0. The molecule has 6 nitrogen and oxygen atoms in total. The summed E-state index contributed by atoms with van der Waals surface area (Å²) in [6.07, 6.45) is 1.57. The van der Waals surface area contributed by atoms with Crippen molar-refractivity contribution < 1.29 is 9.26 Å². The van der Waals surface area contributed by atoms with E-state index in [-0.39, 0.29) is 30.1 Å². The van der Waals surface area contributed by atoms with E-state index < -0.39 is 0 Å². The molecule has 24 heavy (non-hydrogen) atoms. The van der Waals surface area contributed by atoms with E-state index in [2.05, 4.69) is 33.8 Å². The fourth-order valence-corrected chi connectivity index (χ4v) is 2.02. The van der Waals surface area contributed by atoms with E-state index in [1.54, 1.807) is 12.3 Å². The second-order valence-corrected chi connectivity index (χ2v) is 5.31. The quantitative estimate of drug-likeness (QED) is 0.390. The third-order valence-corrected chi connectivity index (χ3v) is 3.12. The number of hydrogen-bond acceptors (Lipinski definition) is 4. The fraction of sp³-hybridized carbons (Fsp3) is 0.412. The summed E-state index contributed by atoms with van der Waals surface area (Å²) in [4.78, 5) is 4.47. The summed E-state index contributed by atoms with van der Waals surface area (Å²) in [6.45, 7) is 8.02. The zero-order valence-corrected chi connectivity index (χ0v) is 16.6. The first-order chi connectivity index (χ1) is 11.2. The van der Waals surface area contributed by atoms with Gasteiger partial charge in [-0.05, 0) is 38.5 Å². The van der Waals surface area contributed by atoms with Gasteiger partial charge in [0.05, 0.1) is 13.1 Å². The van der Waals surface area contributed by atoms with Crippen LogP contribution >= 0.6 is 24.0 Å². The van der Waals surface area contributed by atoms with Crippen molar-refractivity contribution in [1.82, 2.24) is 15.8 Å². The van der Waals surface area contributed by atoms with E-state index in [9.17, 15) is 0 Å². The largest absolute Gasteiger partial charge is 0.489 e. The van der Waals surface area contributed by atoms with Gasteiger partial charge in [-0.3, -0.25) is 0 Å². The Morgan fingerprint density at radius 3 is 2.83 bits per heavy atom.